The molecule has 6 nitrogen and oxygen atoms in total. The van der Waals surface area contributed by atoms with Crippen LogP contribution in [0.25, 0.3) is 20.4 Å². The highest BCUT2D eigenvalue weighted by Gasteiger charge is 2.42. The molecule has 0 N–H and O–H groups in total. The summed E-state index contributed by atoms with van der Waals surface area (Å²) in [5, 5.41) is 2.72. The summed E-state index contributed by atoms with van der Waals surface area (Å²) in [5.41, 5.74) is 2.80. The molecule has 4 aromatic rings. The zero-order valence-corrected chi connectivity index (χ0v) is 31.2. The number of nitrogens with zero attached hydrogens (tertiary/aromatic N) is 2. The fourth-order valence-electron chi connectivity index (χ4n) is 5.41. The predicted molar refractivity (Wildman–Crippen MR) is 188 cm³/mol. The molecule has 230 valence electrons. The molecule has 2 aromatic heterocycles. The summed E-state index contributed by atoms with van der Waals surface area (Å²) >= 11 is 3.61. The zero-order chi connectivity index (χ0) is 30.3. The second-order valence-corrected chi connectivity index (χ2v) is 22.9. The molecule has 0 saturated carbocycles. The number of fused-ring (bicyclic) bond motifs is 2. The quantitative estimate of drug-likeness (QED) is 0.0807. The smallest absolute Gasteiger partial charge is 0.337 e. The summed E-state index contributed by atoms with van der Waals surface area (Å²) in [6.07, 6.45) is 3.90. The van der Waals surface area contributed by atoms with Gasteiger partial charge in [-0.15, -0.1) is 22.7 Å². The highest BCUT2D eigenvalue weighted by atomic mass is 33.1. The standard InChI is InChI=1S/C30H44N2O4S4Si2/c1-9-21(41(7,33-3)34-4)19-27(29-31-23-15-11-13-17-25(23)37-29)39-40-28(20-22(10-2)42(8,35-5)36-6)30-32-24-16-12-14-18-26(24)38-30/h11-18,21-22,27-28H,9-10,19-20H2,1-8H3. The van der Waals surface area contributed by atoms with Crippen molar-refractivity contribution in [1.82, 2.24) is 9.97 Å². The lowest BCUT2D eigenvalue weighted by Gasteiger charge is -2.34. The van der Waals surface area contributed by atoms with E-state index in [9.17, 15) is 0 Å². The topological polar surface area (TPSA) is 62.7 Å². The summed E-state index contributed by atoms with van der Waals surface area (Å²) < 4.78 is 26.6. The molecule has 0 spiro atoms. The fourth-order valence-corrected chi connectivity index (χ4v) is 16.1. The van der Waals surface area contributed by atoms with E-state index in [2.05, 4.69) is 75.5 Å². The van der Waals surface area contributed by atoms with Crippen LogP contribution in [0.4, 0.5) is 0 Å². The van der Waals surface area contributed by atoms with Gasteiger partial charge < -0.3 is 17.7 Å². The molecule has 0 aliphatic heterocycles. The number of para-hydroxylation sites is 2. The molecule has 0 aliphatic carbocycles. The lowest BCUT2D eigenvalue weighted by Crippen LogP contribution is -2.42. The maximum Gasteiger partial charge on any atom is 0.337 e. The van der Waals surface area contributed by atoms with Crippen LogP contribution in [-0.2, 0) is 17.7 Å². The SMILES string of the molecule is CCC(CC(SSC(CC(CC)[Si](C)(OC)OC)c1nc2ccccc2s1)c1nc2ccccc2s1)[Si](C)(OC)OC. The van der Waals surface area contributed by atoms with E-state index in [-0.39, 0.29) is 10.5 Å². The molecule has 42 heavy (non-hydrogen) atoms. The third-order valence-corrected chi connectivity index (χ3v) is 21.8. The first-order valence-electron chi connectivity index (χ1n) is 14.5. The lowest BCUT2D eigenvalue weighted by molar-refractivity contribution is 0.231. The molecule has 0 fully saturated rings. The van der Waals surface area contributed by atoms with Gasteiger partial charge in [0, 0.05) is 39.5 Å². The lowest BCUT2D eigenvalue weighted by atomic mass is 10.2. The molecule has 4 unspecified atom stereocenters. The van der Waals surface area contributed by atoms with Crippen LogP contribution in [0, 0.1) is 0 Å². The molecule has 4 rings (SSSR count). The van der Waals surface area contributed by atoms with Crippen LogP contribution in [0.3, 0.4) is 0 Å². The normalized spacial score (nSPS) is 15.7. The Balaban J connectivity index is 1.69. The van der Waals surface area contributed by atoms with Gasteiger partial charge in [-0.05, 0) is 50.2 Å². The monoisotopic (exact) mass is 680 g/mol. The molecule has 0 aliphatic rings. The maximum absolute atomic E-state index is 6.05. The van der Waals surface area contributed by atoms with Crippen LogP contribution in [0.2, 0.25) is 24.2 Å². The van der Waals surface area contributed by atoms with Gasteiger partial charge in [-0.1, -0.05) is 72.5 Å². The Kier molecular flexibility index (Phi) is 12.5. The molecule has 12 heteroatoms. The third kappa shape index (κ3) is 7.70. The van der Waals surface area contributed by atoms with Crippen LogP contribution in [-0.4, -0.2) is 55.5 Å². The van der Waals surface area contributed by atoms with Crippen molar-refractivity contribution in [2.75, 3.05) is 28.4 Å². The van der Waals surface area contributed by atoms with Gasteiger partial charge in [0.15, 0.2) is 0 Å². The molecule has 0 bridgehead atoms. The second kappa shape index (κ2) is 15.5. The highest BCUT2D eigenvalue weighted by Crippen LogP contribution is 2.55. The van der Waals surface area contributed by atoms with Crippen molar-refractivity contribution < 1.29 is 17.7 Å². The van der Waals surface area contributed by atoms with E-state index in [0.29, 0.717) is 11.1 Å². The average Bonchev–Trinajstić information content (AvgIpc) is 3.66. The van der Waals surface area contributed by atoms with Gasteiger partial charge in [-0.25, -0.2) is 9.97 Å². The van der Waals surface area contributed by atoms with Gasteiger partial charge in [0.05, 0.1) is 30.9 Å². The van der Waals surface area contributed by atoms with E-state index in [1.807, 2.05) is 44.3 Å². The molecule has 0 amide bonds. The van der Waals surface area contributed by atoms with Crippen molar-refractivity contribution >= 4 is 81.8 Å². The maximum atomic E-state index is 6.05. The molecule has 4 atom stereocenters. The van der Waals surface area contributed by atoms with Gasteiger partial charge in [0.25, 0.3) is 0 Å². The van der Waals surface area contributed by atoms with Crippen LogP contribution in [0.1, 0.15) is 60.0 Å². The van der Waals surface area contributed by atoms with E-state index in [1.165, 1.54) is 19.4 Å². The van der Waals surface area contributed by atoms with Crippen molar-refractivity contribution in [2.45, 2.75) is 74.2 Å². The van der Waals surface area contributed by atoms with Crippen molar-refractivity contribution in [3.8, 4) is 0 Å². The minimum Gasteiger partial charge on any atom is -0.398 e. The van der Waals surface area contributed by atoms with Crippen LogP contribution in [0.15, 0.2) is 48.5 Å². The Morgan fingerprint density at radius 1 is 0.643 bits per heavy atom. The van der Waals surface area contributed by atoms with Gasteiger partial charge in [0.2, 0.25) is 0 Å². The second-order valence-electron chi connectivity index (χ2n) is 10.7. The Hall–Kier alpha value is -0.806. The Morgan fingerprint density at radius 2 is 1.00 bits per heavy atom. The summed E-state index contributed by atoms with van der Waals surface area (Å²) in [7, 11) is 6.36. The third-order valence-electron chi connectivity index (χ3n) is 8.55. The molecule has 2 aromatic carbocycles. The summed E-state index contributed by atoms with van der Waals surface area (Å²) in [6.45, 7) is 8.87. The fraction of sp³-hybridized carbons (Fsp3) is 0.533. The number of rotatable bonds is 17. The number of benzene rings is 2. The van der Waals surface area contributed by atoms with Crippen LogP contribution < -0.4 is 0 Å². The number of aromatic nitrogens is 2. The van der Waals surface area contributed by atoms with E-state index in [4.69, 9.17) is 27.7 Å². The van der Waals surface area contributed by atoms with Gasteiger partial charge in [0.1, 0.15) is 10.0 Å². The zero-order valence-electron chi connectivity index (χ0n) is 25.9. The Morgan fingerprint density at radius 3 is 1.31 bits per heavy atom. The summed E-state index contributed by atoms with van der Waals surface area (Å²) in [4.78, 5) is 10.3. The van der Waals surface area contributed by atoms with E-state index in [1.54, 1.807) is 28.4 Å². The van der Waals surface area contributed by atoms with Crippen molar-refractivity contribution in [3.63, 3.8) is 0 Å². The first-order valence-corrected chi connectivity index (χ1v) is 23.2. The molecule has 0 radical (unpaired) electrons. The Bertz CT molecular complexity index is 1240. The van der Waals surface area contributed by atoms with E-state index in [0.717, 1.165) is 36.7 Å². The summed E-state index contributed by atoms with van der Waals surface area (Å²) in [5.74, 6) is 0. The first-order chi connectivity index (χ1) is 20.2. The van der Waals surface area contributed by atoms with Crippen LogP contribution >= 0.6 is 44.3 Å². The van der Waals surface area contributed by atoms with E-state index >= 15 is 0 Å². The van der Waals surface area contributed by atoms with E-state index < -0.39 is 17.1 Å². The van der Waals surface area contributed by atoms with Crippen molar-refractivity contribution in [1.29, 1.82) is 0 Å². The molecule has 0 saturated heterocycles. The number of hydrogen-bond donors (Lipinski definition) is 0. The molecular weight excluding hydrogens is 637 g/mol. The van der Waals surface area contributed by atoms with Gasteiger partial charge in [-0.3, -0.25) is 0 Å². The Labute approximate surface area is 269 Å². The van der Waals surface area contributed by atoms with Crippen LogP contribution in [0.5, 0.6) is 0 Å². The van der Waals surface area contributed by atoms with Gasteiger partial charge >= 0.3 is 17.1 Å². The van der Waals surface area contributed by atoms with Crippen molar-refractivity contribution in [2.24, 2.45) is 0 Å². The first kappa shape index (κ1) is 34.1. The number of hydrogen-bond acceptors (Lipinski definition) is 10. The predicted octanol–water partition coefficient (Wildman–Crippen LogP) is 10.1. The largest absolute Gasteiger partial charge is 0.398 e. The molecule has 2 heterocycles. The highest BCUT2D eigenvalue weighted by molar-refractivity contribution is 8.76. The summed E-state index contributed by atoms with van der Waals surface area (Å²) in [6, 6.07) is 16.9. The minimum atomic E-state index is -2.35. The molecular formula is C30H44N2O4S4Si2. The minimum absolute atomic E-state index is 0.194. The average molecular weight is 681 g/mol. The van der Waals surface area contributed by atoms with Gasteiger partial charge in [-0.2, -0.15) is 0 Å². The number of thiazole rings is 2. The van der Waals surface area contributed by atoms with Crippen molar-refractivity contribution in [3.05, 3.63) is 58.5 Å².